The Morgan fingerprint density at radius 1 is 1.26 bits per heavy atom. The fraction of sp³-hybridized carbons (Fsp3) is 0.562. The topological polar surface area (TPSA) is 46.3 Å². The minimum atomic E-state index is -0.170. The lowest BCUT2D eigenvalue weighted by Crippen LogP contribution is -2.39. The molecule has 1 amide bonds. The van der Waals surface area contributed by atoms with E-state index >= 15 is 0 Å². The van der Waals surface area contributed by atoms with E-state index in [9.17, 15) is 4.79 Å². The molecule has 19 heavy (non-hydrogen) atoms. The van der Waals surface area contributed by atoms with Crippen LogP contribution in [0, 0.1) is 0 Å². The molecular weight excluding hydrogens is 236 g/mol. The van der Waals surface area contributed by atoms with Gasteiger partial charge in [0.25, 0.3) is 0 Å². The zero-order valence-corrected chi connectivity index (χ0v) is 11.6. The van der Waals surface area contributed by atoms with E-state index in [1.807, 2.05) is 4.90 Å². The van der Waals surface area contributed by atoms with Crippen molar-refractivity contribution in [1.29, 1.82) is 0 Å². The van der Waals surface area contributed by atoms with Gasteiger partial charge in [0.2, 0.25) is 5.91 Å². The largest absolute Gasteiger partial charge is 0.321 e. The zero-order valence-electron chi connectivity index (χ0n) is 11.6. The van der Waals surface area contributed by atoms with E-state index in [1.54, 1.807) is 6.92 Å². The molecule has 0 radical (unpaired) electrons. The number of benzene rings is 1. The van der Waals surface area contributed by atoms with Crippen LogP contribution in [0.1, 0.15) is 50.2 Å². The van der Waals surface area contributed by atoms with Gasteiger partial charge in [0.15, 0.2) is 0 Å². The fourth-order valence-electron chi connectivity index (χ4n) is 3.68. The minimum Gasteiger partial charge on any atom is -0.321 e. The highest BCUT2D eigenvalue weighted by atomic mass is 16.2. The Balaban J connectivity index is 2.02. The van der Waals surface area contributed by atoms with Crippen molar-refractivity contribution in [2.75, 3.05) is 11.4 Å². The van der Waals surface area contributed by atoms with Gasteiger partial charge in [-0.2, -0.15) is 0 Å². The lowest BCUT2D eigenvalue weighted by Gasteiger charge is -2.35. The van der Waals surface area contributed by atoms with Crippen LogP contribution in [-0.2, 0) is 16.8 Å². The zero-order chi connectivity index (χ0) is 13.5. The number of nitrogens with zero attached hydrogens (tertiary/aromatic N) is 1. The van der Waals surface area contributed by atoms with Gasteiger partial charge >= 0.3 is 0 Å². The summed E-state index contributed by atoms with van der Waals surface area (Å²) in [5, 5.41) is 0. The molecule has 0 unspecified atom stereocenters. The fourth-order valence-corrected chi connectivity index (χ4v) is 3.68. The van der Waals surface area contributed by atoms with Gasteiger partial charge in [-0.1, -0.05) is 31.4 Å². The third kappa shape index (κ3) is 2.06. The maximum absolute atomic E-state index is 11.7. The van der Waals surface area contributed by atoms with Crippen LogP contribution in [0.15, 0.2) is 18.2 Å². The highest BCUT2D eigenvalue weighted by Crippen LogP contribution is 2.41. The van der Waals surface area contributed by atoms with Crippen LogP contribution >= 0.6 is 0 Å². The standard InChI is InChI=1S/C16H22N2O/c1-12(19)18-11-8-13-14(6-5-7-15(13)18)16(17)9-3-2-4-10-16/h5-7H,2-4,8-11,17H2,1H3. The molecule has 2 aliphatic rings. The Kier molecular flexibility index (Phi) is 3.09. The van der Waals surface area contributed by atoms with E-state index in [4.69, 9.17) is 5.73 Å². The van der Waals surface area contributed by atoms with Crippen molar-refractivity contribution in [3.8, 4) is 0 Å². The van der Waals surface area contributed by atoms with E-state index < -0.39 is 0 Å². The van der Waals surface area contributed by atoms with Crippen molar-refractivity contribution < 1.29 is 4.79 Å². The van der Waals surface area contributed by atoms with Gasteiger partial charge < -0.3 is 10.6 Å². The summed E-state index contributed by atoms with van der Waals surface area (Å²) in [6, 6.07) is 6.28. The number of nitrogens with two attached hydrogens (primary N) is 1. The molecule has 1 aliphatic carbocycles. The molecule has 2 N–H and O–H groups in total. The van der Waals surface area contributed by atoms with E-state index in [-0.39, 0.29) is 11.4 Å². The van der Waals surface area contributed by atoms with E-state index in [1.165, 1.54) is 30.4 Å². The molecule has 0 atom stereocenters. The normalized spacial score (nSPS) is 21.3. The first-order chi connectivity index (χ1) is 9.12. The van der Waals surface area contributed by atoms with Crippen LogP contribution in [0.4, 0.5) is 5.69 Å². The summed E-state index contributed by atoms with van der Waals surface area (Å²) in [5.74, 6) is 0.130. The number of rotatable bonds is 1. The second-order valence-corrected chi connectivity index (χ2v) is 5.94. The summed E-state index contributed by atoms with van der Waals surface area (Å²) in [6.07, 6.45) is 6.83. The quantitative estimate of drug-likeness (QED) is 0.842. The highest BCUT2D eigenvalue weighted by molar-refractivity contribution is 5.94. The molecule has 1 aromatic rings. The second-order valence-electron chi connectivity index (χ2n) is 5.94. The van der Waals surface area contributed by atoms with Gasteiger partial charge in [-0.15, -0.1) is 0 Å². The predicted octanol–water partition coefficient (Wildman–Crippen LogP) is 2.71. The Labute approximate surface area is 114 Å². The van der Waals surface area contributed by atoms with Crippen molar-refractivity contribution in [3.05, 3.63) is 29.3 Å². The molecule has 1 saturated carbocycles. The third-order valence-corrected chi connectivity index (χ3v) is 4.69. The summed E-state index contributed by atoms with van der Waals surface area (Å²) in [6.45, 7) is 2.44. The Hall–Kier alpha value is -1.35. The number of amides is 1. The van der Waals surface area contributed by atoms with E-state index in [2.05, 4.69) is 18.2 Å². The van der Waals surface area contributed by atoms with Crippen LogP contribution in [0.25, 0.3) is 0 Å². The Bertz CT molecular complexity index is 503. The van der Waals surface area contributed by atoms with Crippen LogP contribution < -0.4 is 10.6 Å². The van der Waals surface area contributed by atoms with Crippen molar-refractivity contribution in [2.24, 2.45) is 5.73 Å². The average Bonchev–Trinajstić information content (AvgIpc) is 2.83. The first-order valence-electron chi connectivity index (χ1n) is 7.31. The van der Waals surface area contributed by atoms with Crippen molar-refractivity contribution >= 4 is 11.6 Å². The minimum absolute atomic E-state index is 0.130. The van der Waals surface area contributed by atoms with Crippen LogP contribution in [0.2, 0.25) is 0 Å². The molecule has 102 valence electrons. The highest BCUT2D eigenvalue weighted by Gasteiger charge is 2.34. The van der Waals surface area contributed by atoms with E-state index in [0.29, 0.717) is 0 Å². The summed E-state index contributed by atoms with van der Waals surface area (Å²) in [5.41, 5.74) is 10.2. The van der Waals surface area contributed by atoms with Crippen LogP contribution in [0.5, 0.6) is 0 Å². The lowest BCUT2D eigenvalue weighted by atomic mass is 9.75. The summed E-state index contributed by atoms with van der Waals surface area (Å²) in [7, 11) is 0. The molecule has 0 aromatic heterocycles. The van der Waals surface area contributed by atoms with Crippen molar-refractivity contribution in [1.82, 2.24) is 0 Å². The van der Waals surface area contributed by atoms with Gasteiger partial charge in [-0.3, -0.25) is 4.79 Å². The first kappa shape index (κ1) is 12.7. The number of anilines is 1. The number of fused-ring (bicyclic) bond motifs is 1. The molecule has 0 saturated heterocycles. The molecule has 1 fully saturated rings. The van der Waals surface area contributed by atoms with Gasteiger partial charge in [0, 0.05) is 24.7 Å². The monoisotopic (exact) mass is 258 g/mol. The summed E-state index contributed by atoms with van der Waals surface area (Å²) < 4.78 is 0. The number of hydrogen-bond donors (Lipinski definition) is 1. The molecule has 0 bridgehead atoms. The van der Waals surface area contributed by atoms with E-state index in [0.717, 1.165) is 31.5 Å². The Morgan fingerprint density at radius 2 is 2.00 bits per heavy atom. The molecule has 1 aliphatic heterocycles. The smallest absolute Gasteiger partial charge is 0.223 e. The summed E-state index contributed by atoms with van der Waals surface area (Å²) >= 11 is 0. The molecule has 1 aromatic carbocycles. The van der Waals surface area contributed by atoms with Gasteiger partial charge in [0.1, 0.15) is 0 Å². The van der Waals surface area contributed by atoms with Crippen molar-refractivity contribution in [3.63, 3.8) is 0 Å². The second kappa shape index (κ2) is 4.64. The number of carbonyl (C=O) groups is 1. The lowest BCUT2D eigenvalue weighted by molar-refractivity contribution is -0.116. The van der Waals surface area contributed by atoms with Gasteiger partial charge in [-0.25, -0.2) is 0 Å². The predicted molar refractivity (Wildman–Crippen MR) is 77.1 cm³/mol. The van der Waals surface area contributed by atoms with Crippen LogP contribution in [0.3, 0.4) is 0 Å². The summed E-state index contributed by atoms with van der Waals surface area (Å²) in [4.78, 5) is 13.6. The van der Waals surface area contributed by atoms with Crippen LogP contribution in [-0.4, -0.2) is 12.5 Å². The maximum atomic E-state index is 11.7. The number of carbonyl (C=O) groups excluding carboxylic acids is 1. The third-order valence-electron chi connectivity index (χ3n) is 4.69. The molecular formula is C16H22N2O. The average molecular weight is 258 g/mol. The maximum Gasteiger partial charge on any atom is 0.223 e. The number of hydrogen-bond acceptors (Lipinski definition) is 2. The van der Waals surface area contributed by atoms with Gasteiger partial charge in [0.05, 0.1) is 0 Å². The Morgan fingerprint density at radius 3 is 2.68 bits per heavy atom. The van der Waals surface area contributed by atoms with Gasteiger partial charge in [-0.05, 0) is 36.5 Å². The first-order valence-corrected chi connectivity index (χ1v) is 7.31. The molecule has 1 heterocycles. The molecule has 0 spiro atoms. The SMILES string of the molecule is CC(=O)N1CCc2c1cccc2C1(N)CCCCC1. The van der Waals surface area contributed by atoms with Crippen molar-refractivity contribution in [2.45, 2.75) is 51.0 Å². The molecule has 3 rings (SSSR count). The molecule has 3 heteroatoms. The molecule has 3 nitrogen and oxygen atoms in total.